The highest BCUT2D eigenvalue weighted by Crippen LogP contribution is 2.17. The van der Waals surface area contributed by atoms with E-state index in [9.17, 15) is 4.79 Å². The molecule has 1 saturated heterocycles. The van der Waals surface area contributed by atoms with Gasteiger partial charge in [0.25, 0.3) is 0 Å². The Labute approximate surface area is 67.1 Å². The lowest BCUT2D eigenvalue weighted by Gasteiger charge is -1.97. The van der Waals surface area contributed by atoms with Crippen LogP contribution in [0.25, 0.3) is 0 Å². The quantitative estimate of drug-likeness (QED) is 0.482. The summed E-state index contributed by atoms with van der Waals surface area (Å²) < 4.78 is 4.84. The summed E-state index contributed by atoms with van der Waals surface area (Å²) in [6, 6.07) is 0.383. The predicted octanol–water partition coefficient (Wildman–Crippen LogP) is 0.690. The first-order chi connectivity index (χ1) is 5.29. The van der Waals surface area contributed by atoms with Crippen molar-refractivity contribution in [3.63, 3.8) is 0 Å². The molecule has 3 heteroatoms. The van der Waals surface area contributed by atoms with Crippen molar-refractivity contribution in [3.05, 3.63) is 0 Å². The summed E-state index contributed by atoms with van der Waals surface area (Å²) in [5.74, 6) is -0.0917. The number of rotatable bonds is 4. The van der Waals surface area contributed by atoms with Gasteiger partial charge in [0.15, 0.2) is 0 Å². The summed E-state index contributed by atoms with van der Waals surface area (Å²) in [7, 11) is 0. The molecule has 11 heavy (non-hydrogen) atoms. The van der Waals surface area contributed by atoms with E-state index in [1.807, 2.05) is 6.92 Å². The molecule has 0 aromatic carbocycles. The van der Waals surface area contributed by atoms with Crippen LogP contribution in [0, 0.1) is 0 Å². The zero-order valence-corrected chi connectivity index (χ0v) is 7.09. The van der Waals surface area contributed by atoms with Crippen LogP contribution >= 0.6 is 0 Å². The number of esters is 1. The smallest absolute Gasteiger partial charge is 0.324 e. The fourth-order valence-electron chi connectivity index (χ4n) is 1.20. The number of carbonyl (C=O) groups excluding carboxylic acids is 1. The molecular weight excluding hydrogens is 142 g/mol. The predicted molar refractivity (Wildman–Crippen MR) is 42.3 cm³/mol. The Morgan fingerprint density at radius 2 is 2.27 bits per heavy atom. The topological polar surface area (TPSA) is 48.2 Å². The second kappa shape index (κ2) is 3.72. The van der Waals surface area contributed by atoms with Gasteiger partial charge >= 0.3 is 5.97 Å². The molecular formula is C8H15NO2. The normalized spacial score (nSPS) is 28.2. The van der Waals surface area contributed by atoms with Gasteiger partial charge in [-0.25, -0.2) is 0 Å². The van der Waals surface area contributed by atoms with E-state index in [-0.39, 0.29) is 12.0 Å². The standard InChI is InChI=1S/C8H15NO2/c1-3-5-6-7(9-6)8(10)11-4-2/h6-7,9H,3-5H2,1-2H3/t6-,7-/m0/s1. The van der Waals surface area contributed by atoms with Crippen molar-refractivity contribution in [2.45, 2.75) is 38.8 Å². The van der Waals surface area contributed by atoms with E-state index < -0.39 is 0 Å². The average Bonchev–Trinajstić information content (AvgIpc) is 2.69. The Hall–Kier alpha value is -0.570. The first kappa shape index (κ1) is 8.53. The van der Waals surface area contributed by atoms with Crippen LogP contribution in [0.2, 0.25) is 0 Å². The van der Waals surface area contributed by atoms with E-state index in [0.717, 1.165) is 12.8 Å². The monoisotopic (exact) mass is 157 g/mol. The number of hydrogen-bond acceptors (Lipinski definition) is 3. The SMILES string of the molecule is CCC[C@@H]1N[C@@H]1C(=O)OCC. The van der Waals surface area contributed by atoms with Gasteiger partial charge in [-0.3, -0.25) is 10.1 Å². The molecule has 0 aromatic rings. The third-order valence-corrected chi connectivity index (χ3v) is 1.83. The van der Waals surface area contributed by atoms with Crippen LogP contribution < -0.4 is 5.32 Å². The van der Waals surface area contributed by atoms with Gasteiger partial charge in [-0.05, 0) is 13.3 Å². The highest BCUT2D eigenvalue weighted by molar-refractivity contribution is 5.80. The molecule has 0 bridgehead atoms. The van der Waals surface area contributed by atoms with Gasteiger partial charge < -0.3 is 4.74 Å². The maximum absolute atomic E-state index is 11.0. The molecule has 0 radical (unpaired) electrons. The molecule has 0 aromatic heterocycles. The lowest BCUT2D eigenvalue weighted by molar-refractivity contribution is -0.142. The summed E-state index contributed by atoms with van der Waals surface area (Å²) in [6.45, 7) is 4.42. The van der Waals surface area contributed by atoms with E-state index >= 15 is 0 Å². The zero-order valence-electron chi connectivity index (χ0n) is 7.09. The molecule has 0 saturated carbocycles. The van der Waals surface area contributed by atoms with Crippen molar-refractivity contribution in [1.29, 1.82) is 0 Å². The molecule has 0 aliphatic carbocycles. The van der Waals surface area contributed by atoms with Crippen LogP contribution in [0.3, 0.4) is 0 Å². The number of carbonyl (C=O) groups is 1. The molecule has 1 aliphatic heterocycles. The fourth-order valence-corrected chi connectivity index (χ4v) is 1.20. The van der Waals surface area contributed by atoms with Gasteiger partial charge in [0, 0.05) is 6.04 Å². The maximum atomic E-state index is 11.0. The fraction of sp³-hybridized carbons (Fsp3) is 0.875. The van der Waals surface area contributed by atoms with E-state index in [4.69, 9.17) is 4.74 Å². The summed E-state index contributed by atoms with van der Waals surface area (Å²) in [4.78, 5) is 11.0. The van der Waals surface area contributed by atoms with Crippen molar-refractivity contribution in [1.82, 2.24) is 5.32 Å². The Morgan fingerprint density at radius 1 is 1.55 bits per heavy atom. The van der Waals surface area contributed by atoms with Crippen LogP contribution in [0.1, 0.15) is 26.7 Å². The van der Waals surface area contributed by atoms with Crippen LogP contribution in [0.4, 0.5) is 0 Å². The van der Waals surface area contributed by atoms with E-state index in [1.165, 1.54) is 0 Å². The Balaban J connectivity index is 2.15. The van der Waals surface area contributed by atoms with Crippen molar-refractivity contribution >= 4 is 5.97 Å². The van der Waals surface area contributed by atoms with Gasteiger partial charge in [0.2, 0.25) is 0 Å². The first-order valence-corrected chi connectivity index (χ1v) is 4.22. The highest BCUT2D eigenvalue weighted by atomic mass is 16.5. The minimum absolute atomic E-state index is 0.00472. The number of hydrogen-bond donors (Lipinski definition) is 1. The molecule has 3 nitrogen and oxygen atoms in total. The van der Waals surface area contributed by atoms with Crippen molar-refractivity contribution in [2.75, 3.05) is 6.61 Å². The van der Waals surface area contributed by atoms with Gasteiger partial charge in [-0.2, -0.15) is 0 Å². The van der Waals surface area contributed by atoms with Gasteiger partial charge in [-0.1, -0.05) is 13.3 Å². The number of nitrogens with one attached hydrogen (secondary N) is 1. The number of ether oxygens (including phenoxy) is 1. The van der Waals surface area contributed by atoms with Crippen LogP contribution in [-0.4, -0.2) is 24.7 Å². The first-order valence-electron chi connectivity index (χ1n) is 4.22. The van der Waals surface area contributed by atoms with E-state index in [1.54, 1.807) is 0 Å². The van der Waals surface area contributed by atoms with Crippen LogP contribution in [-0.2, 0) is 9.53 Å². The van der Waals surface area contributed by atoms with Crippen molar-refractivity contribution < 1.29 is 9.53 Å². The Bertz CT molecular complexity index is 147. The van der Waals surface area contributed by atoms with E-state index in [2.05, 4.69) is 12.2 Å². The van der Waals surface area contributed by atoms with Gasteiger partial charge in [0.05, 0.1) is 6.61 Å². The summed E-state index contributed by atoms with van der Waals surface area (Å²) in [5, 5.41) is 3.08. The van der Waals surface area contributed by atoms with Gasteiger partial charge in [0.1, 0.15) is 6.04 Å². The second-order valence-corrected chi connectivity index (χ2v) is 2.79. The highest BCUT2D eigenvalue weighted by Gasteiger charge is 2.42. The van der Waals surface area contributed by atoms with Gasteiger partial charge in [-0.15, -0.1) is 0 Å². The summed E-state index contributed by atoms with van der Waals surface area (Å²) in [5.41, 5.74) is 0. The third kappa shape index (κ3) is 2.19. The van der Waals surface area contributed by atoms with Crippen LogP contribution in [0.5, 0.6) is 0 Å². The maximum Gasteiger partial charge on any atom is 0.324 e. The molecule has 0 unspecified atom stereocenters. The lowest BCUT2D eigenvalue weighted by atomic mass is 10.2. The minimum Gasteiger partial charge on any atom is -0.465 e. The molecule has 1 heterocycles. The Kier molecular flexibility index (Phi) is 2.88. The molecule has 64 valence electrons. The van der Waals surface area contributed by atoms with Crippen molar-refractivity contribution in [3.8, 4) is 0 Å². The van der Waals surface area contributed by atoms with E-state index in [0.29, 0.717) is 12.6 Å². The zero-order chi connectivity index (χ0) is 8.27. The second-order valence-electron chi connectivity index (χ2n) is 2.79. The summed E-state index contributed by atoms with van der Waals surface area (Å²) >= 11 is 0. The largest absolute Gasteiger partial charge is 0.465 e. The lowest BCUT2D eigenvalue weighted by Crippen LogP contribution is -2.14. The molecule has 2 atom stereocenters. The minimum atomic E-state index is -0.0917. The molecule has 0 amide bonds. The average molecular weight is 157 g/mol. The molecule has 1 rings (SSSR count). The molecule has 1 N–H and O–H groups in total. The third-order valence-electron chi connectivity index (χ3n) is 1.83. The van der Waals surface area contributed by atoms with Crippen LogP contribution in [0.15, 0.2) is 0 Å². The molecule has 0 spiro atoms. The van der Waals surface area contributed by atoms with Crippen molar-refractivity contribution in [2.24, 2.45) is 0 Å². The summed E-state index contributed by atoms with van der Waals surface area (Å²) in [6.07, 6.45) is 2.19. The Morgan fingerprint density at radius 3 is 2.82 bits per heavy atom. The molecule has 1 fully saturated rings. The molecule has 1 aliphatic rings.